The number of H-pyrrole nitrogens is 1. The standard InChI is InChI=1S/C10H13ClN2O4/c1-5-4-13(10(16)12-9(5)15)8-2-6(14)7(3-11)17-8/h4,6-8,14H,2-3H2,1H3,(H,12,15,16)/t6-,7+,8+/m0/s1. The number of aryl methyl sites for hydroxylation is 1. The predicted octanol–water partition coefficient (Wildman–Crippen LogP) is -0.268. The monoisotopic (exact) mass is 260 g/mol. The van der Waals surface area contributed by atoms with Gasteiger partial charge in [0.05, 0.1) is 18.1 Å². The molecule has 0 aliphatic carbocycles. The fourth-order valence-corrected chi connectivity index (χ4v) is 2.10. The minimum Gasteiger partial charge on any atom is -0.390 e. The van der Waals surface area contributed by atoms with Crippen LogP contribution in [-0.4, -0.2) is 32.7 Å². The molecule has 6 nitrogen and oxygen atoms in total. The van der Waals surface area contributed by atoms with Crippen molar-refractivity contribution in [2.45, 2.75) is 31.8 Å². The summed E-state index contributed by atoms with van der Waals surface area (Å²) in [5, 5.41) is 9.64. The van der Waals surface area contributed by atoms with E-state index in [-0.39, 0.29) is 12.3 Å². The van der Waals surface area contributed by atoms with Crippen LogP contribution in [0.5, 0.6) is 0 Å². The number of aliphatic hydroxyl groups excluding tert-OH is 1. The first-order valence-electron chi connectivity index (χ1n) is 5.24. The minimum absolute atomic E-state index is 0.161. The molecular formula is C10H13ClN2O4. The van der Waals surface area contributed by atoms with E-state index in [1.807, 2.05) is 0 Å². The Bertz CT molecular complexity index is 524. The van der Waals surface area contributed by atoms with E-state index in [1.165, 1.54) is 10.8 Å². The number of aliphatic hydroxyl groups is 1. The molecule has 2 N–H and O–H groups in total. The van der Waals surface area contributed by atoms with Gasteiger partial charge in [-0.15, -0.1) is 11.6 Å². The SMILES string of the molecule is Cc1cn([C@H]2C[C@H](O)[C@@H](CCl)O2)c(=O)[nH]c1=O. The predicted molar refractivity (Wildman–Crippen MR) is 61.3 cm³/mol. The molecule has 1 saturated heterocycles. The summed E-state index contributed by atoms with van der Waals surface area (Å²) >= 11 is 5.62. The first-order valence-corrected chi connectivity index (χ1v) is 5.78. The Hall–Kier alpha value is -1.11. The highest BCUT2D eigenvalue weighted by Crippen LogP contribution is 2.28. The van der Waals surface area contributed by atoms with Gasteiger partial charge in [0, 0.05) is 18.2 Å². The molecule has 1 fully saturated rings. The van der Waals surface area contributed by atoms with Crippen molar-refractivity contribution in [1.82, 2.24) is 9.55 Å². The fraction of sp³-hybridized carbons (Fsp3) is 0.600. The Morgan fingerprint density at radius 3 is 2.94 bits per heavy atom. The van der Waals surface area contributed by atoms with Crippen molar-refractivity contribution >= 4 is 11.6 Å². The molecule has 1 aliphatic rings. The highest BCUT2D eigenvalue weighted by atomic mass is 35.5. The highest BCUT2D eigenvalue weighted by molar-refractivity contribution is 6.18. The van der Waals surface area contributed by atoms with E-state index in [1.54, 1.807) is 6.92 Å². The molecule has 2 rings (SSSR count). The number of hydrogen-bond acceptors (Lipinski definition) is 4. The molecule has 0 spiro atoms. The van der Waals surface area contributed by atoms with E-state index < -0.39 is 29.7 Å². The lowest BCUT2D eigenvalue weighted by Gasteiger charge is -2.14. The van der Waals surface area contributed by atoms with E-state index in [2.05, 4.69) is 4.98 Å². The average Bonchev–Trinajstić information content (AvgIpc) is 2.65. The van der Waals surface area contributed by atoms with Gasteiger partial charge >= 0.3 is 5.69 Å². The molecule has 0 unspecified atom stereocenters. The summed E-state index contributed by atoms with van der Waals surface area (Å²) in [6.07, 6.45) is -0.0629. The molecule has 0 amide bonds. The maximum Gasteiger partial charge on any atom is 0.330 e. The Kier molecular flexibility index (Phi) is 3.37. The zero-order chi connectivity index (χ0) is 12.6. The molecule has 0 aromatic carbocycles. The van der Waals surface area contributed by atoms with Crippen LogP contribution >= 0.6 is 11.6 Å². The Balaban J connectivity index is 2.34. The molecule has 94 valence electrons. The van der Waals surface area contributed by atoms with Gasteiger partial charge in [0.25, 0.3) is 5.56 Å². The van der Waals surface area contributed by atoms with Crippen molar-refractivity contribution in [2.75, 3.05) is 5.88 Å². The van der Waals surface area contributed by atoms with Gasteiger partial charge in [0.1, 0.15) is 6.23 Å². The Morgan fingerprint density at radius 2 is 2.35 bits per heavy atom. The van der Waals surface area contributed by atoms with Crippen LogP contribution < -0.4 is 11.2 Å². The normalized spacial score (nSPS) is 28.5. The summed E-state index contributed by atoms with van der Waals surface area (Å²) < 4.78 is 6.71. The third-order valence-corrected chi connectivity index (χ3v) is 3.12. The van der Waals surface area contributed by atoms with Crippen LogP contribution in [0.25, 0.3) is 0 Å². The molecule has 2 heterocycles. The van der Waals surface area contributed by atoms with E-state index in [0.717, 1.165) is 0 Å². The van der Waals surface area contributed by atoms with Gasteiger partial charge < -0.3 is 9.84 Å². The molecular weight excluding hydrogens is 248 g/mol. The molecule has 0 bridgehead atoms. The van der Waals surface area contributed by atoms with Crippen LogP contribution in [0.1, 0.15) is 18.2 Å². The number of aromatic nitrogens is 2. The number of hydrogen-bond donors (Lipinski definition) is 2. The lowest BCUT2D eigenvalue weighted by atomic mass is 10.2. The van der Waals surface area contributed by atoms with Gasteiger partial charge in [-0.1, -0.05) is 0 Å². The van der Waals surface area contributed by atoms with Crippen molar-refractivity contribution in [2.24, 2.45) is 0 Å². The Labute approximate surface area is 102 Å². The summed E-state index contributed by atoms with van der Waals surface area (Å²) in [5.74, 6) is 0.161. The lowest BCUT2D eigenvalue weighted by Crippen LogP contribution is -2.33. The second-order valence-corrected chi connectivity index (χ2v) is 4.37. The second-order valence-electron chi connectivity index (χ2n) is 4.07. The van der Waals surface area contributed by atoms with Crippen molar-refractivity contribution in [3.8, 4) is 0 Å². The third-order valence-electron chi connectivity index (χ3n) is 2.81. The second kappa shape index (κ2) is 4.64. The summed E-state index contributed by atoms with van der Waals surface area (Å²) in [7, 11) is 0. The maximum atomic E-state index is 11.6. The maximum absolute atomic E-state index is 11.6. The topological polar surface area (TPSA) is 84.3 Å². The first-order chi connectivity index (χ1) is 8.02. The molecule has 1 aliphatic heterocycles. The number of aromatic amines is 1. The number of rotatable bonds is 2. The van der Waals surface area contributed by atoms with E-state index in [0.29, 0.717) is 5.56 Å². The first kappa shape index (κ1) is 12.3. The van der Waals surface area contributed by atoms with Crippen molar-refractivity contribution in [1.29, 1.82) is 0 Å². The smallest absolute Gasteiger partial charge is 0.330 e. The summed E-state index contributed by atoms with van der Waals surface area (Å²) in [6, 6.07) is 0. The molecule has 0 radical (unpaired) electrons. The number of nitrogens with one attached hydrogen (secondary N) is 1. The fourth-order valence-electron chi connectivity index (χ4n) is 1.82. The van der Waals surface area contributed by atoms with E-state index in [9.17, 15) is 14.7 Å². The van der Waals surface area contributed by atoms with Gasteiger partial charge in [-0.2, -0.15) is 0 Å². The van der Waals surface area contributed by atoms with Gasteiger partial charge in [-0.25, -0.2) is 4.79 Å². The van der Waals surface area contributed by atoms with Gasteiger partial charge in [-0.05, 0) is 6.92 Å². The third kappa shape index (κ3) is 2.29. The van der Waals surface area contributed by atoms with Gasteiger partial charge in [0.15, 0.2) is 0 Å². The van der Waals surface area contributed by atoms with Gasteiger partial charge in [-0.3, -0.25) is 14.3 Å². The van der Waals surface area contributed by atoms with Crippen LogP contribution in [0.15, 0.2) is 15.8 Å². The van der Waals surface area contributed by atoms with Crippen LogP contribution in [-0.2, 0) is 4.74 Å². The number of ether oxygens (including phenoxy) is 1. The molecule has 3 atom stereocenters. The zero-order valence-corrected chi connectivity index (χ0v) is 9.98. The number of nitrogens with zero attached hydrogens (tertiary/aromatic N) is 1. The number of halogens is 1. The molecule has 1 aromatic rings. The van der Waals surface area contributed by atoms with E-state index >= 15 is 0 Å². The molecule has 17 heavy (non-hydrogen) atoms. The van der Waals surface area contributed by atoms with Crippen LogP contribution in [0, 0.1) is 6.92 Å². The van der Waals surface area contributed by atoms with Crippen molar-refractivity contribution in [3.05, 3.63) is 32.6 Å². The summed E-state index contributed by atoms with van der Waals surface area (Å²) in [6.45, 7) is 1.60. The summed E-state index contributed by atoms with van der Waals surface area (Å²) in [4.78, 5) is 25.0. The van der Waals surface area contributed by atoms with Crippen molar-refractivity contribution in [3.63, 3.8) is 0 Å². The minimum atomic E-state index is -0.698. The highest BCUT2D eigenvalue weighted by Gasteiger charge is 2.34. The zero-order valence-electron chi connectivity index (χ0n) is 9.22. The van der Waals surface area contributed by atoms with Crippen LogP contribution in [0.2, 0.25) is 0 Å². The average molecular weight is 261 g/mol. The largest absolute Gasteiger partial charge is 0.390 e. The Morgan fingerprint density at radius 1 is 1.65 bits per heavy atom. The quantitative estimate of drug-likeness (QED) is 0.717. The molecule has 1 aromatic heterocycles. The lowest BCUT2D eigenvalue weighted by molar-refractivity contribution is -0.00833. The van der Waals surface area contributed by atoms with Gasteiger partial charge in [0.2, 0.25) is 0 Å². The molecule has 0 saturated carbocycles. The van der Waals surface area contributed by atoms with Crippen molar-refractivity contribution < 1.29 is 9.84 Å². The summed E-state index contributed by atoms with van der Waals surface area (Å²) in [5.41, 5.74) is -0.552. The van der Waals surface area contributed by atoms with E-state index in [4.69, 9.17) is 16.3 Å². The van der Waals surface area contributed by atoms with Crippen LogP contribution in [0.4, 0.5) is 0 Å². The number of alkyl halides is 1. The molecule has 7 heteroatoms. The van der Waals surface area contributed by atoms with Crippen LogP contribution in [0.3, 0.4) is 0 Å².